The van der Waals surface area contributed by atoms with E-state index in [2.05, 4.69) is 88.0 Å². The molecule has 4 atom stereocenters. The third-order valence-electron chi connectivity index (χ3n) is 9.22. The number of rotatable bonds is 11. The number of hydrogen-bond acceptors (Lipinski definition) is 9. The highest BCUT2D eigenvalue weighted by molar-refractivity contribution is 7.98. The van der Waals surface area contributed by atoms with Gasteiger partial charge in [0.15, 0.2) is 39.8 Å². The van der Waals surface area contributed by atoms with E-state index in [1.165, 1.54) is 6.33 Å². The molecule has 13 heteroatoms. The van der Waals surface area contributed by atoms with E-state index in [4.69, 9.17) is 18.3 Å². The van der Waals surface area contributed by atoms with Crippen LogP contribution in [0.1, 0.15) is 58.1 Å². The lowest BCUT2D eigenvalue weighted by molar-refractivity contribution is -0.0518. The van der Waals surface area contributed by atoms with Crippen LogP contribution in [0.5, 0.6) is 0 Å². The minimum atomic E-state index is -2.28. The fourth-order valence-corrected chi connectivity index (χ4v) is 7.05. The Morgan fingerprint density at radius 2 is 1.64 bits per heavy atom. The molecule has 1 aromatic carbocycles. The summed E-state index contributed by atoms with van der Waals surface area (Å²) in [5, 5.41) is 2.91. The molecular formula is C31H49N5O5SSi2. The second-order valence-electron chi connectivity index (χ2n) is 14.4. The van der Waals surface area contributed by atoms with Crippen LogP contribution in [0.25, 0.3) is 11.2 Å². The second-order valence-corrected chi connectivity index (χ2v) is 24.8. The average molecular weight is 660 g/mol. The number of nitrogens with zero attached hydrogens (tertiary/aromatic N) is 4. The number of carbonyl (C=O) groups excluding carboxylic acids is 1. The maximum atomic E-state index is 13.0. The van der Waals surface area contributed by atoms with E-state index >= 15 is 0 Å². The molecule has 4 rings (SSSR count). The monoisotopic (exact) mass is 659 g/mol. The topological polar surface area (TPSA) is 110 Å². The van der Waals surface area contributed by atoms with E-state index in [-0.39, 0.29) is 28.2 Å². The summed E-state index contributed by atoms with van der Waals surface area (Å²) in [5.41, 5.74) is 1.53. The van der Waals surface area contributed by atoms with Crippen molar-refractivity contribution in [3.63, 3.8) is 0 Å². The van der Waals surface area contributed by atoms with Gasteiger partial charge >= 0.3 is 0 Å². The molecule has 3 aromatic rings. The zero-order chi connectivity index (χ0) is 32.5. The molecule has 1 amide bonds. The Kier molecular flexibility index (Phi) is 10.5. The van der Waals surface area contributed by atoms with Crippen molar-refractivity contribution < 1.29 is 23.1 Å². The fraction of sp³-hybridized carbons (Fsp3) is 0.613. The molecule has 0 saturated carbocycles. The third kappa shape index (κ3) is 7.46. The van der Waals surface area contributed by atoms with Crippen LogP contribution < -0.4 is 5.32 Å². The standard InChI is InChI=1S/C31H49N5O5SSi2/c1-30(2,3)43(8,9)39-17-22-24(38-20-42-7)25(41-44(10,11)31(4,5)6)29(40-22)36-19-34-23-26(32-18-33-27(23)36)35-28(37)21-15-13-12-14-16-21/h12-16,18-19,22,24-25,29H,17,20H2,1-11H3,(H,32,33,35,37)/t22-,24-,25-,29-/m1/s1. The molecule has 0 aliphatic carbocycles. The number of thioether (sulfide) groups is 1. The first-order valence-electron chi connectivity index (χ1n) is 15.1. The van der Waals surface area contributed by atoms with Gasteiger partial charge in [-0.3, -0.25) is 9.36 Å². The zero-order valence-electron chi connectivity index (χ0n) is 28.0. The molecule has 10 nitrogen and oxygen atoms in total. The highest BCUT2D eigenvalue weighted by Gasteiger charge is 2.52. The van der Waals surface area contributed by atoms with Crippen molar-refractivity contribution in [2.24, 2.45) is 0 Å². The molecule has 3 heterocycles. The maximum absolute atomic E-state index is 13.0. The third-order valence-corrected chi connectivity index (χ3v) is 18.6. The number of hydrogen-bond donors (Lipinski definition) is 1. The normalized spacial score (nSPS) is 21.6. The van der Waals surface area contributed by atoms with Crippen molar-refractivity contribution in [1.29, 1.82) is 0 Å². The summed E-state index contributed by atoms with van der Waals surface area (Å²) in [4.78, 5) is 26.5. The molecular weight excluding hydrogens is 611 g/mol. The number of benzene rings is 1. The van der Waals surface area contributed by atoms with Crippen molar-refractivity contribution in [3.8, 4) is 0 Å². The lowest BCUT2D eigenvalue weighted by atomic mass is 10.1. The summed E-state index contributed by atoms with van der Waals surface area (Å²) in [6, 6.07) is 9.01. The zero-order valence-corrected chi connectivity index (χ0v) is 30.8. The van der Waals surface area contributed by atoms with Gasteiger partial charge < -0.3 is 23.6 Å². The van der Waals surface area contributed by atoms with Gasteiger partial charge in [-0.05, 0) is 54.7 Å². The van der Waals surface area contributed by atoms with Crippen molar-refractivity contribution in [2.45, 2.75) is 102 Å². The molecule has 2 aromatic heterocycles. The maximum Gasteiger partial charge on any atom is 0.256 e. The summed E-state index contributed by atoms with van der Waals surface area (Å²) < 4.78 is 29.0. The fourth-order valence-electron chi connectivity index (χ4n) is 4.46. The number of anilines is 1. The molecule has 0 spiro atoms. The summed E-state index contributed by atoms with van der Waals surface area (Å²) in [6.45, 7) is 22.7. The van der Waals surface area contributed by atoms with E-state index in [1.54, 1.807) is 30.2 Å². The number of ether oxygens (including phenoxy) is 2. The Balaban J connectivity index is 1.73. The van der Waals surface area contributed by atoms with Crippen LogP contribution in [0.2, 0.25) is 36.3 Å². The number of imidazole rings is 1. The van der Waals surface area contributed by atoms with E-state index in [1.807, 2.05) is 29.0 Å². The Bertz CT molecular complexity index is 1420. The largest absolute Gasteiger partial charge is 0.414 e. The minimum absolute atomic E-state index is 0.0363. The van der Waals surface area contributed by atoms with E-state index in [9.17, 15) is 4.79 Å². The first kappa shape index (κ1) is 34.7. The van der Waals surface area contributed by atoms with Gasteiger partial charge in [0, 0.05) is 5.56 Å². The van der Waals surface area contributed by atoms with Crippen LogP contribution in [-0.4, -0.2) is 79.2 Å². The van der Waals surface area contributed by atoms with Crippen molar-refractivity contribution in [1.82, 2.24) is 19.5 Å². The van der Waals surface area contributed by atoms with Gasteiger partial charge in [-0.1, -0.05) is 59.7 Å². The van der Waals surface area contributed by atoms with Crippen LogP contribution in [-0.2, 0) is 18.3 Å². The van der Waals surface area contributed by atoms with E-state index in [0.29, 0.717) is 35.1 Å². The Hall–Kier alpha value is -2.14. The molecule has 1 N–H and O–H groups in total. The number of nitrogens with one attached hydrogen (secondary N) is 1. The summed E-state index contributed by atoms with van der Waals surface area (Å²) >= 11 is 1.62. The van der Waals surface area contributed by atoms with Gasteiger partial charge in [-0.25, -0.2) is 15.0 Å². The number of carbonyl (C=O) groups is 1. The molecule has 1 aliphatic rings. The smallest absolute Gasteiger partial charge is 0.256 e. The van der Waals surface area contributed by atoms with Crippen LogP contribution in [0.4, 0.5) is 5.82 Å². The summed E-state index contributed by atoms with van der Waals surface area (Å²) in [7, 11) is -4.35. The van der Waals surface area contributed by atoms with Gasteiger partial charge in [0.1, 0.15) is 24.6 Å². The lowest BCUT2D eigenvalue weighted by Gasteiger charge is -2.41. The average Bonchev–Trinajstić information content (AvgIpc) is 3.51. The van der Waals surface area contributed by atoms with Crippen molar-refractivity contribution in [3.05, 3.63) is 48.5 Å². The molecule has 1 fully saturated rings. The highest BCUT2D eigenvalue weighted by Crippen LogP contribution is 2.44. The number of fused-ring (bicyclic) bond motifs is 1. The van der Waals surface area contributed by atoms with E-state index in [0.717, 1.165) is 0 Å². The van der Waals surface area contributed by atoms with Crippen LogP contribution >= 0.6 is 11.8 Å². The highest BCUT2D eigenvalue weighted by atomic mass is 32.2. The van der Waals surface area contributed by atoms with Gasteiger partial charge in [0.2, 0.25) is 0 Å². The molecule has 1 saturated heterocycles. The van der Waals surface area contributed by atoms with Gasteiger partial charge in [0.25, 0.3) is 5.91 Å². The quantitative estimate of drug-likeness (QED) is 0.170. The van der Waals surface area contributed by atoms with Crippen molar-refractivity contribution >= 4 is 51.3 Å². The number of aromatic nitrogens is 4. The SMILES string of the molecule is CSCO[C@H]1[C@@H](O[Si](C)(C)C(C)(C)C)[C@H](n2cnc3c(NC(=O)c4ccccc4)ncnc32)O[C@@H]1CO[Si](C)(C)C(C)(C)C. The molecule has 0 radical (unpaired) electrons. The molecule has 44 heavy (non-hydrogen) atoms. The van der Waals surface area contributed by atoms with Crippen LogP contribution in [0, 0.1) is 0 Å². The number of amides is 1. The minimum Gasteiger partial charge on any atom is -0.414 e. The summed E-state index contributed by atoms with van der Waals surface area (Å²) in [6.07, 6.45) is 3.37. The Morgan fingerprint density at radius 3 is 2.25 bits per heavy atom. The van der Waals surface area contributed by atoms with Crippen LogP contribution in [0.15, 0.2) is 43.0 Å². The van der Waals surface area contributed by atoms with Crippen molar-refractivity contribution in [2.75, 3.05) is 24.1 Å². The summed E-state index contributed by atoms with van der Waals surface area (Å²) in [5.74, 6) is 0.553. The van der Waals surface area contributed by atoms with Crippen LogP contribution in [0.3, 0.4) is 0 Å². The Morgan fingerprint density at radius 1 is 0.977 bits per heavy atom. The predicted octanol–water partition coefficient (Wildman–Crippen LogP) is 7.09. The molecule has 0 bridgehead atoms. The second kappa shape index (κ2) is 13.3. The predicted molar refractivity (Wildman–Crippen MR) is 182 cm³/mol. The first-order valence-corrected chi connectivity index (χ1v) is 22.3. The van der Waals surface area contributed by atoms with Gasteiger partial charge in [-0.15, -0.1) is 11.8 Å². The Labute approximate surface area is 268 Å². The van der Waals surface area contributed by atoms with Gasteiger partial charge in [0.05, 0.1) is 18.9 Å². The lowest BCUT2D eigenvalue weighted by Crippen LogP contribution is -2.50. The van der Waals surface area contributed by atoms with E-state index < -0.39 is 29.0 Å². The molecule has 0 unspecified atom stereocenters. The molecule has 1 aliphatic heterocycles. The molecule has 242 valence electrons. The first-order chi connectivity index (χ1) is 20.5. The van der Waals surface area contributed by atoms with Gasteiger partial charge in [-0.2, -0.15) is 0 Å².